The van der Waals surface area contributed by atoms with Gasteiger partial charge in [-0.2, -0.15) is 5.10 Å². The molecule has 0 spiro atoms. The molecule has 0 aliphatic rings. The van der Waals surface area contributed by atoms with E-state index in [-0.39, 0.29) is 0 Å². The van der Waals surface area contributed by atoms with Crippen molar-refractivity contribution in [1.29, 1.82) is 0 Å². The lowest BCUT2D eigenvalue weighted by Gasteiger charge is -2.08. The second kappa shape index (κ2) is 4.64. The number of rotatable bonds is 2. The van der Waals surface area contributed by atoms with Crippen LogP contribution in [-0.2, 0) is 0 Å². The van der Waals surface area contributed by atoms with Gasteiger partial charge in [-0.15, -0.1) is 0 Å². The molecule has 0 aliphatic heterocycles. The molecule has 0 unspecified atom stereocenters. The molecule has 0 atom stereocenters. The van der Waals surface area contributed by atoms with Gasteiger partial charge < -0.3 is 10.0 Å². The van der Waals surface area contributed by atoms with Crippen molar-refractivity contribution in [3.05, 3.63) is 40.1 Å². The molecule has 0 saturated carbocycles. The predicted molar refractivity (Wildman–Crippen MR) is 70.6 cm³/mol. The fourth-order valence-corrected chi connectivity index (χ4v) is 2.26. The SMILES string of the molecule is Cc1cc(C)n(-c2cc(Br)cc(B(O)O)c2)n1. The van der Waals surface area contributed by atoms with E-state index < -0.39 is 7.12 Å². The highest BCUT2D eigenvalue weighted by atomic mass is 79.9. The average Bonchev–Trinajstić information content (AvgIpc) is 2.57. The van der Waals surface area contributed by atoms with Crippen LogP contribution in [0.5, 0.6) is 0 Å². The first-order valence-corrected chi connectivity index (χ1v) is 5.97. The van der Waals surface area contributed by atoms with E-state index in [9.17, 15) is 10.0 Å². The molecular formula is C11H12BBrN2O2. The van der Waals surface area contributed by atoms with Gasteiger partial charge in [-0.3, -0.25) is 0 Å². The molecule has 17 heavy (non-hydrogen) atoms. The summed E-state index contributed by atoms with van der Waals surface area (Å²) >= 11 is 3.35. The van der Waals surface area contributed by atoms with Gasteiger partial charge in [-0.05, 0) is 43.6 Å². The standard InChI is InChI=1S/C11H12BBrN2O2/c1-7-3-8(2)15(14-7)11-5-9(12(16)17)4-10(13)6-11/h3-6,16-17H,1-2H3. The van der Waals surface area contributed by atoms with Crippen LogP contribution in [0, 0.1) is 13.8 Å². The topological polar surface area (TPSA) is 58.3 Å². The predicted octanol–water partition coefficient (Wildman–Crippen LogP) is 0.931. The number of aryl methyl sites for hydroxylation is 2. The Morgan fingerprint density at radius 1 is 1.18 bits per heavy atom. The van der Waals surface area contributed by atoms with Crippen molar-refractivity contribution in [3.8, 4) is 5.69 Å². The van der Waals surface area contributed by atoms with Crippen LogP contribution >= 0.6 is 15.9 Å². The first-order chi connectivity index (χ1) is 7.97. The van der Waals surface area contributed by atoms with Crippen molar-refractivity contribution in [2.45, 2.75) is 13.8 Å². The minimum atomic E-state index is -1.48. The zero-order chi connectivity index (χ0) is 12.6. The number of benzene rings is 1. The lowest BCUT2D eigenvalue weighted by atomic mass is 9.80. The molecule has 0 saturated heterocycles. The first-order valence-electron chi connectivity index (χ1n) is 5.17. The van der Waals surface area contributed by atoms with Gasteiger partial charge >= 0.3 is 7.12 Å². The second-order valence-corrected chi connectivity index (χ2v) is 4.87. The summed E-state index contributed by atoms with van der Waals surface area (Å²) in [5, 5.41) is 22.8. The highest BCUT2D eigenvalue weighted by Crippen LogP contribution is 2.16. The van der Waals surface area contributed by atoms with Gasteiger partial charge in [-0.25, -0.2) is 4.68 Å². The summed E-state index contributed by atoms with van der Waals surface area (Å²) in [5.74, 6) is 0. The van der Waals surface area contributed by atoms with E-state index in [1.807, 2.05) is 26.0 Å². The normalized spacial score (nSPS) is 10.6. The summed E-state index contributed by atoms with van der Waals surface area (Å²) in [6.07, 6.45) is 0. The molecule has 0 fully saturated rings. The molecule has 1 aromatic carbocycles. The zero-order valence-electron chi connectivity index (χ0n) is 9.55. The van der Waals surface area contributed by atoms with Crippen molar-refractivity contribution in [3.63, 3.8) is 0 Å². The van der Waals surface area contributed by atoms with Crippen LogP contribution in [0.2, 0.25) is 0 Å². The minimum Gasteiger partial charge on any atom is -0.423 e. The molecule has 88 valence electrons. The molecule has 2 aromatic rings. The number of aromatic nitrogens is 2. The number of hydrogen-bond donors (Lipinski definition) is 2. The molecule has 0 bridgehead atoms. The molecule has 1 aromatic heterocycles. The van der Waals surface area contributed by atoms with Crippen LogP contribution in [-0.4, -0.2) is 26.9 Å². The maximum atomic E-state index is 9.20. The number of hydrogen-bond acceptors (Lipinski definition) is 3. The lowest BCUT2D eigenvalue weighted by molar-refractivity contribution is 0.425. The van der Waals surface area contributed by atoms with Gasteiger partial charge in [-0.1, -0.05) is 15.9 Å². The summed E-state index contributed by atoms with van der Waals surface area (Å²) < 4.78 is 2.55. The van der Waals surface area contributed by atoms with Crippen molar-refractivity contribution in [2.75, 3.05) is 0 Å². The van der Waals surface area contributed by atoms with E-state index in [2.05, 4.69) is 21.0 Å². The van der Waals surface area contributed by atoms with Crippen LogP contribution in [0.15, 0.2) is 28.7 Å². The van der Waals surface area contributed by atoms with E-state index >= 15 is 0 Å². The molecule has 0 radical (unpaired) electrons. The van der Waals surface area contributed by atoms with Crippen LogP contribution in [0.1, 0.15) is 11.4 Å². The highest BCUT2D eigenvalue weighted by Gasteiger charge is 2.14. The monoisotopic (exact) mass is 294 g/mol. The summed E-state index contributed by atoms with van der Waals surface area (Å²) in [6.45, 7) is 3.87. The van der Waals surface area contributed by atoms with Gasteiger partial charge in [0, 0.05) is 10.2 Å². The first kappa shape index (κ1) is 12.4. The van der Waals surface area contributed by atoms with E-state index in [4.69, 9.17) is 0 Å². The average molecular weight is 295 g/mol. The number of nitrogens with zero attached hydrogens (tertiary/aromatic N) is 2. The Hall–Kier alpha value is -1.11. The largest absolute Gasteiger partial charge is 0.488 e. The molecule has 4 nitrogen and oxygen atoms in total. The lowest BCUT2D eigenvalue weighted by Crippen LogP contribution is -2.30. The van der Waals surface area contributed by atoms with Crippen LogP contribution in [0.3, 0.4) is 0 Å². The van der Waals surface area contributed by atoms with Crippen LogP contribution < -0.4 is 5.46 Å². The van der Waals surface area contributed by atoms with E-state index in [0.29, 0.717) is 5.46 Å². The zero-order valence-corrected chi connectivity index (χ0v) is 11.1. The molecule has 2 rings (SSSR count). The molecule has 6 heteroatoms. The molecule has 0 amide bonds. The van der Waals surface area contributed by atoms with Crippen LogP contribution in [0.25, 0.3) is 5.69 Å². The quantitative estimate of drug-likeness (QED) is 0.810. The summed E-state index contributed by atoms with van der Waals surface area (Å²) in [7, 11) is -1.48. The van der Waals surface area contributed by atoms with Gasteiger partial charge in [0.2, 0.25) is 0 Å². The van der Waals surface area contributed by atoms with Gasteiger partial charge in [0.05, 0.1) is 11.4 Å². The van der Waals surface area contributed by atoms with Gasteiger partial charge in [0.25, 0.3) is 0 Å². The Labute approximate surface area is 108 Å². The Morgan fingerprint density at radius 2 is 1.88 bits per heavy atom. The minimum absolute atomic E-state index is 0.432. The fourth-order valence-electron chi connectivity index (χ4n) is 1.76. The maximum Gasteiger partial charge on any atom is 0.488 e. The van der Waals surface area contributed by atoms with E-state index in [1.54, 1.807) is 16.8 Å². The molecule has 1 heterocycles. The van der Waals surface area contributed by atoms with Crippen molar-refractivity contribution in [1.82, 2.24) is 9.78 Å². The van der Waals surface area contributed by atoms with Crippen LogP contribution in [0.4, 0.5) is 0 Å². The maximum absolute atomic E-state index is 9.20. The summed E-state index contributed by atoms with van der Waals surface area (Å²) in [5.41, 5.74) is 3.16. The Bertz CT molecular complexity index is 554. The van der Waals surface area contributed by atoms with Crippen molar-refractivity contribution >= 4 is 28.5 Å². The third-order valence-corrected chi connectivity index (χ3v) is 2.92. The molecule has 2 N–H and O–H groups in total. The Morgan fingerprint density at radius 3 is 2.41 bits per heavy atom. The second-order valence-electron chi connectivity index (χ2n) is 3.96. The third-order valence-electron chi connectivity index (χ3n) is 2.46. The van der Waals surface area contributed by atoms with Crippen molar-refractivity contribution in [2.24, 2.45) is 0 Å². The number of halogens is 1. The van der Waals surface area contributed by atoms with E-state index in [0.717, 1.165) is 21.5 Å². The highest BCUT2D eigenvalue weighted by molar-refractivity contribution is 9.10. The molecule has 0 aliphatic carbocycles. The molecular weight excluding hydrogens is 283 g/mol. The van der Waals surface area contributed by atoms with E-state index in [1.165, 1.54) is 0 Å². The summed E-state index contributed by atoms with van der Waals surface area (Å²) in [4.78, 5) is 0. The smallest absolute Gasteiger partial charge is 0.423 e. The van der Waals surface area contributed by atoms with Gasteiger partial charge in [0.1, 0.15) is 0 Å². The Kier molecular flexibility index (Phi) is 3.37. The third kappa shape index (κ3) is 2.59. The van der Waals surface area contributed by atoms with Crippen molar-refractivity contribution < 1.29 is 10.0 Å². The van der Waals surface area contributed by atoms with Gasteiger partial charge in [0.15, 0.2) is 0 Å². The fraction of sp³-hybridized carbons (Fsp3) is 0.182. The summed E-state index contributed by atoms with van der Waals surface area (Å²) in [6, 6.07) is 7.22. The Balaban J connectivity index is 2.55.